The van der Waals surface area contributed by atoms with Gasteiger partial charge in [0, 0.05) is 0 Å². The lowest BCUT2D eigenvalue weighted by molar-refractivity contribution is 0.210. The molecule has 1 aliphatic rings. The molecule has 1 atom stereocenters. The first-order valence-electron chi connectivity index (χ1n) is 10.4. The van der Waals surface area contributed by atoms with Gasteiger partial charge in [-0.15, -0.1) is 0 Å². The Morgan fingerprint density at radius 2 is 1.87 bits per heavy atom. The third-order valence-electron chi connectivity index (χ3n) is 5.68. The molecule has 1 aromatic heterocycles. The number of hydrogen-bond acceptors (Lipinski definition) is 5. The lowest BCUT2D eigenvalue weighted by Gasteiger charge is -2.21. The Bertz CT molecular complexity index is 1070. The standard InChI is InChI=1S/C25H26O5/c26-20-12-9-18(10-13-20)21(27)14-11-19-16-30-23-8-4-7-22(24(23)25(19)28)29-15-17-5-2-1-3-6-17/h4,7-14,16-17,21,26-27H,1-3,5-6,15H2/b14-11+. The van der Waals surface area contributed by atoms with Crippen molar-refractivity contribution in [1.82, 2.24) is 0 Å². The summed E-state index contributed by atoms with van der Waals surface area (Å²) >= 11 is 0. The molecule has 1 unspecified atom stereocenters. The molecule has 30 heavy (non-hydrogen) atoms. The molecule has 5 heteroatoms. The summed E-state index contributed by atoms with van der Waals surface area (Å²) in [7, 11) is 0. The SMILES string of the molecule is O=c1c(/C=C/C(O)c2ccc(O)cc2)coc2cccc(OCC3CCCCC3)c12. The molecule has 2 N–H and O–H groups in total. The number of hydrogen-bond donors (Lipinski definition) is 2. The summed E-state index contributed by atoms with van der Waals surface area (Å²) in [6.07, 6.45) is 9.68. The monoisotopic (exact) mass is 406 g/mol. The number of benzene rings is 2. The second-order valence-electron chi connectivity index (χ2n) is 7.86. The van der Waals surface area contributed by atoms with Crippen LogP contribution < -0.4 is 10.2 Å². The highest BCUT2D eigenvalue weighted by atomic mass is 16.5. The molecule has 3 aromatic rings. The van der Waals surface area contributed by atoms with E-state index < -0.39 is 6.10 Å². The van der Waals surface area contributed by atoms with Crippen LogP contribution in [0.1, 0.15) is 49.3 Å². The van der Waals surface area contributed by atoms with Gasteiger partial charge in [-0.2, -0.15) is 0 Å². The molecule has 1 heterocycles. The number of fused-ring (bicyclic) bond motifs is 1. The fourth-order valence-corrected chi connectivity index (χ4v) is 3.93. The molecule has 1 aliphatic carbocycles. The Balaban J connectivity index is 1.57. The first kappa shape index (κ1) is 20.2. The zero-order valence-electron chi connectivity index (χ0n) is 16.8. The van der Waals surface area contributed by atoms with Crippen molar-refractivity contribution >= 4 is 17.0 Å². The maximum absolute atomic E-state index is 13.1. The van der Waals surface area contributed by atoms with Gasteiger partial charge in [-0.1, -0.05) is 43.5 Å². The number of phenolic OH excluding ortho intramolecular Hbond substituents is 1. The van der Waals surface area contributed by atoms with Crippen LogP contribution in [0.25, 0.3) is 17.0 Å². The minimum Gasteiger partial charge on any atom is -0.508 e. The molecule has 4 rings (SSSR count). The summed E-state index contributed by atoms with van der Waals surface area (Å²) in [5, 5.41) is 20.1. The van der Waals surface area contributed by atoms with Gasteiger partial charge in [-0.05, 0) is 54.7 Å². The maximum atomic E-state index is 13.1. The Labute approximate surface area is 175 Å². The molecule has 0 bridgehead atoms. The average Bonchev–Trinajstić information content (AvgIpc) is 2.78. The smallest absolute Gasteiger partial charge is 0.203 e. The van der Waals surface area contributed by atoms with Crippen molar-refractivity contribution in [3.8, 4) is 11.5 Å². The average molecular weight is 406 g/mol. The fourth-order valence-electron chi connectivity index (χ4n) is 3.93. The van der Waals surface area contributed by atoms with E-state index in [9.17, 15) is 15.0 Å². The number of phenols is 1. The van der Waals surface area contributed by atoms with E-state index in [0.29, 0.717) is 40.4 Å². The highest BCUT2D eigenvalue weighted by Crippen LogP contribution is 2.28. The number of ether oxygens (including phenoxy) is 1. The number of aliphatic hydroxyl groups excluding tert-OH is 1. The Morgan fingerprint density at radius 1 is 1.10 bits per heavy atom. The van der Waals surface area contributed by atoms with Crippen LogP contribution in [0, 0.1) is 5.92 Å². The van der Waals surface area contributed by atoms with Crippen LogP contribution >= 0.6 is 0 Å². The van der Waals surface area contributed by atoms with Crippen molar-refractivity contribution < 1.29 is 19.4 Å². The summed E-state index contributed by atoms with van der Waals surface area (Å²) in [6, 6.07) is 11.7. The number of aromatic hydroxyl groups is 1. The lowest BCUT2D eigenvalue weighted by atomic mass is 9.90. The minimum atomic E-state index is -0.904. The summed E-state index contributed by atoms with van der Waals surface area (Å²) in [5.41, 5.74) is 1.25. The summed E-state index contributed by atoms with van der Waals surface area (Å²) < 4.78 is 11.7. The van der Waals surface area contributed by atoms with Gasteiger partial charge in [-0.25, -0.2) is 0 Å². The molecule has 0 spiro atoms. The number of aliphatic hydroxyl groups is 1. The van der Waals surface area contributed by atoms with Crippen LogP contribution in [-0.2, 0) is 0 Å². The van der Waals surface area contributed by atoms with E-state index in [-0.39, 0.29) is 11.2 Å². The van der Waals surface area contributed by atoms with Crippen LogP contribution in [0.5, 0.6) is 11.5 Å². The van der Waals surface area contributed by atoms with Crippen molar-refractivity contribution in [2.24, 2.45) is 5.92 Å². The van der Waals surface area contributed by atoms with Crippen molar-refractivity contribution in [1.29, 1.82) is 0 Å². The van der Waals surface area contributed by atoms with Gasteiger partial charge in [0.05, 0.1) is 18.3 Å². The van der Waals surface area contributed by atoms with E-state index >= 15 is 0 Å². The van der Waals surface area contributed by atoms with E-state index in [1.807, 2.05) is 6.07 Å². The van der Waals surface area contributed by atoms with Gasteiger partial charge in [0.2, 0.25) is 5.43 Å². The zero-order chi connectivity index (χ0) is 20.9. The van der Waals surface area contributed by atoms with Crippen LogP contribution in [-0.4, -0.2) is 16.8 Å². The summed E-state index contributed by atoms with van der Waals surface area (Å²) in [4.78, 5) is 13.1. The largest absolute Gasteiger partial charge is 0.508 e. The van der Waals surface area contributed by atoms with Crippen LogP contribution in [0.2, 0.25) is 0 Å². The maximum Gasteiger partial charge on any atom is 0.203 e. The van der Waals surface area contributed by atoms with Gasteiger partial charge in [0.25, 0.3) is 0 Å². The van der Waals surface area contributed by atoms with Crippen molar-refractivity contribution in [3.05, 3.63) is 76.2 Å². The van der Waals surface area contributed by atoms with Crippen LogP contribution in [0.15, 0.2) is 64.0 Å². The van der Waals surface area contributed by atoms with Gasteiger partial charge in [0.1, 0.15) is 28.7 Å². The normalized spacial score (nSPS) is 16.2. The minimum absolute atomic E-state index is 0.130. The van der Waals surface area contributed by atoms with Crippen molar-refractivity contribution in [2.75, 3.05) is 6.61 Å². The van der Waals surface area contributed by atoms with Crippen LogP contribution in [0.4, 0.5) is 0 Å². The molecule has 0 amide bonds. The van der Waals surface area contributed by atoms with E-state index in [1.54, 1.807) is 30.3 Å². The van der Waals surface area contributed by atoms with Gasteiger partial charge >= 0.3 is 0 Å². The van der Waals surface area contributed by atoms with Crippen molar-refractivity contribution in [3.63, 3.8) is 0 Å². The highest BCUT2D eigenvalue weighted by molar-refractivity contribution is 5.85. The predicted molar refractivity (Wildman–Crippen MR) is 117 cm³/mol. The molecule has 0 saturated heterocycles. The van der Waals surface area contributed by atoms with E-state index in [4.69, 9.17) is 9.15 Å². The van der Waals surface area contributed by atoms with E-state index in [1.165, 1.54) is 56.6 Å². The molecule has 0 radical (unpaired) electrons. The lowest BCUT2D eigenvalue weighted by Crippen LogP contribution is -2.16. The van der Waals surface area contributed by atoms with E-state index in [0.717, 1.165) is 0 Å². The topological polar surface area (TPSA) is 79.9 Å². The molecule has 1 saturated carbocycles. The third kappa shape index (κ3) is 4.57. The number of rotatable bonds is 6. The molecule has 5 nitrogen and oxygen atoms in total. The second kappa shape index (κ2) is 9.18. The second-order valence-corrected chi connectivity index (χ2v) is 7.86. The Morgan fingerprint density at radius 3 is 2.63 bits per heavy atom. The molecule has 1 fully saturated rings. The third-order valence-corrected chi connectivity index (χ3v) is 5.68. The van der Waals surface area contributed by atoms with E-state index in [2.05, 4.69) is 0 Å². The molecular weight excluding hydrogens is 380 g/mol. The fraction of sp³-hybridized carbons (Fsp3) is 0.320. The van der Waals surface area contributed by atoms with Crippen molar-refractivity contribution in [2.45, 2.75) is 38.2 Å². The molecular formula is C25H26O5. The first-order valence-corrected chi connectivity index (χ1v) is 10.4. The van der Waals surface area contributed by atoms with Gasteiger partial charge < -0.3 is 19.4 Å². The molecule has 0 aliphatic heterocycles. The first-order chi connectivity index (χ1) is 14.6. The van der Waals surface area contributed by atoms with Gasteiger partial charge in [0.15, 0.2) is 0 Å². The summed E-state index contributed by atoms with van der Waals surface area (Å²) in [6.45, 7) is 0.609. The van der Waals surface area contributed by atoms with Crippen LogP contribution in [0.3, 0.4) is 0 Å². The Kier molecular flexibility index (Phi) is 6.19. The summed E-state index contributed by atoms with van der Waals surface area (Å²) in [5.74, 6) is 1.21. The Hall–Kier alpha value is -3.05. The van der Waals surface area contributed by atoms with Gasteiger partial charge in [-0.3, -0.25) is 4.79 Å². The zero-order valence-corrected chi connectivity index (χ0v) is 16.8. The predicted octanol–water partition coefficient (Wildman–Crippen LogP) is 5.20. The highest BCUT2D eigenvalue weighted by Gasteiger charge is 2.16. The quantitative estimate of drug-likeness (QED) is 0.588. The molecule has 156 valence electrons. The molecule has 2 aromatic carbocycles.